The first kappa shape index (κ1) is 13.7. The van der Waals surface area contributed by atoms with Crippen LogP contribution in [0.5, 0.6) is 0 Å². The molecule has 0 aromatic carbocycles. The van der Waals surface area contributed by atoms with Gasteiger partial charge in [0.25, 0.3) is 0 Å². The molecule has 0 bridgehead atoms. The van der Waals surface area contributed by atoms with Gasteiger partial charge in [-0.3, -0.25) is 4.99 Å². The number of ether oxygens (including phenoxy) is 1. The van der Waals surface area contributed by atoms with Crippen molar-refractivity contribution in [3.63, 3.8) is 0 Å². The highest BCUT2D eigenvalue weighted by Crippen LogP contribution is 2.34. The zero-order valence-electron chi connectivity index (χ0n) is 11.7. The molecule has 2 saturated carbocycles. The van der Waals surface area contributed by atoms with E-state index in [9.17, 15) is 0 Å². The fourth-order valence-electron chi connectivity index (χ4n) is 2.75. The predicted octanol–water partition coefficient (Wildman–Crippen LogP) is 2.04. The van der Waals surface area contributed by atoms with E-state index >= 15 is 0 Å². The lowest BCUT2D eigenvalue weighted by molar-refractivity contribution is -0.0394. The molecular weight excluding hydrogens is 226 g/mol. The van der Waals surface area contributed by atoms with Gasteiger partial charge in [0, 0.05) is 13.2 Å². The van der Waals surface area contributed by atoms with Crippen LogP contribution >= 0.6 is 0 Å². The van der Waals surface area contributed by atoms with Gasteiger partial charge in [-0.2, -0.15) is 0 Å². The van der Waals surface area contributed by atoms with E-state index in [0.29, 0.717) is 18.5 Å². The predicted molar refractivity (Wildman–Crippen MR) is 74.6 cm³/mol. The molecule has 0 aliphatic heterocycles. The van der Waals surface area contributed by atoms with Gasteiger partial charge >= 0.3 is 0 Å². The Morgan fingerprint density at radius 2 is 2.00 bits per heavy atom. The smallest absolute Gasteiger partial charge is 0.188 e. The van der Waals surface area contributed by atoms with Crippen LogP contribution in [0.4, 0.5) is 0 Å². The van der Waals surface area contributed by atoms with Gasteiger partial charge in [-0.05, 0) is 50.9 Å². The Balaban J connectivity index is 1.83. The second kappa shape index (κ2) is 5.91. The second-order valence-corrected chi connectivity index (χ2v) is 6.04. The Morgan fingerprint density at radius 1 is 1.33 bits per heavy atom. The minimum absolute atomic E-state index is 0.0710. The lowest BCUT2D eigenvalue weighted by atomic mass is 9.79. The summed E-state index contributed by atoms with van der Waals surface area (Å²) in [4.78, 5) is 4.50. The monoisotopic (exact) mass is 253 g/mol. The lowest BCUT2D eigenvalue weighted by Gasteiger charge is -2.37. The SMILES string of the molecule is COC1(CN=C(N)NC2CCC2)CCC(C)CC1. The molecule has 0 unspecified atom stereocenters. The first-order valence-electron chi connectivity index (χ1n) is 7.25. The Labute approximate surface area is 110 Å². The van der Waals surface area contributed by atoms with Crippen LogP contribution in [0, 0.1) is 5.92 Å². The van der Waals surface area contributed by atoms with Crippen LogP contribution < -0.4 is 11.1 Å². The van der Waals surface area contributed by atoms with Crippen molar-refractivity contribution < 1.29 is 4.74 Å². The number of methoxy groups -OCH3 is 1. The van der Waals surface area contributed by atoms with Crippen molar-refractivity contribution in [2.75, 3.05) is 13.7 Å². The van der Waals surface area contributed by atoms with Crippen LogP contribution in [0.15, 0.2) is 4.99 Å². The molecule has 2 rings (SSSR count). The molecule has 0 aromatic heterocycles. The molecular formula is C14H27N3O. The third kappa shape index (κ3) is 3.37. The van der Waals surface area contributed by atoms with Crippen molar-refractivity contribution in [2.45, 2.75) is 63.5 Å². The molecule has 0 atom stereocenters. The highest BCUT2D eigenvalue weighted by atomic mass is 16.5. The highest BCUT2D eigenvalue weighted by Gasteiger charge is 2.34. The molecule has 2 fully saturated rings. The first-order chi connectivity index (χ1) is 8.63. The number of nitrogens with two attached hydrogens (primary N) is 1. The number of guanidine groups is 1. The fourth-order valence-corrected chi connectivity index (χ4v) is 2.75. The summed E-state index contributed by atoms with van der Waals surface area (Å²) in [6, 6.07) is 0.554. The van der Waals surface area contributed by atoms with Gasteiger partial charge in [0.2, 0.25) is 0 Å². The zero-order chi connectivity index (χ0) is 13.0. The largest absolute Gasteiger partial charge is 0.376 e. The highest BCUT2D eigenvalue weighted by molar-refractivity contribution is 5.78. The van der Waals surface area contributed by atoms with Crippen LogP contribution in [0.2, 0.25) is 0 Å². The molecule has 0 saturated heterocycles. The summed E-state index contributed by atoms with van der Waals surface area (Å²) in [7, 11) is 1.81. The van der Waals surface area contributed by atoms with Crippen LogP contribution in [0.3, 0.4) is 0 Å². The van der Waals surface area contributed by atoms with E-state index in [-0.39, 0.29) is 5.60 Å². The molecule has 4 heteroatoms. The van der Waals surface area contributed by atoms with Crippen LogP contribution in [0.1, 0.15) is 51.9 Å². The van der Waals surface area contributed by atoms with Crippen LogP contribution in [0.25, 0.3) is 0 Å². The van der Waals surface area contributed by atoms with Crippen molar-refractivity contribution in [3.05, 3.63) is 0 Å². The molecule has 3 N–H and O–H groups in total. The number of aliphatic imine (C=N–C) groups is 1. The van der Waals surface area contributed by atoms with Crippen molar-refractivity contribution in [1.82, 2.24) is 5.32 Å². The van der Waals surface area contributed by atoms with Crippen molar-refractivity contribution in [3.8, 4) is 0 Å². The van der Waals surface area contributed by atoms with E-state index in [1.807, 2.05) is 0 Å². The van der Waals surface area contributed by atoms with E-state index in [2.05, 4.69) is 17.2 Å². The quantitative estimate of drug-likeness (QED) is 0.595. The van der Waals surface area contributed by atoms with Gasteiger partial charge in [0.15, 0.2) is 5.96 Å². The average molecular weight is 253 g/mol. The van der Waals surface area contributed by atoms with Crippen LogP contribution in [-0.2, 0) is 4.74 Å². The minimum Gasteiger partial charge on any atom is -0.376 e. The molecule has 2 aliphatic carbocycles. The average Bonchev–Trinajstić information content (AvgIpc) is 2.34. The van der Waals surface area contributed by atoms with E-state index in [1.165, 1.54) is 32.1 Å². The zero-order valence-corrected chi connectivity index (χ0v) is 11.7. The van der Waals surface area contributed by atoms with Gasteiger partial charge in [0.1, 0.15) is 0 Å². The Bertz CT molecular complexity index is 291. The number of rotatable bonds is 4. The summed E-state index contributed by atoms with van der Waals surface area (Å²) in [6.45, 7) is 3.01. The normalized spacial score (nSPS) is 34.1. The van der Waals surface area contributed by atoms with Gasteiger partial charge in [-0.25, -0.2) is 0 Å². The molecule has 0 radical (unpaired) electrons. The van der Waals surface area contributed by atoms with Crippen molar-refractivity contribution in [2.24, 2.45) is 16.6 Å². The standard InChI is InChI=1S/C14H27N3O/c1-11-6-8-14(18-2,9-7-11)10-16-13(15)17-12-4-3-5-12/h11-12H,3-10H2,1-2H3,(H3,15,16,17). The number of nitrogens with one attached hydrogen (secondary N) is 1. The Morgan fingerprint density at radius 3 is 2.50 bits per heavy atom. The van der Waals surface area contributed by atoms with E-state index in [0.717, 1.165) is 18.8 Å². The van der Waals surface area contributed by atoms with Gasteiger partial charge in [0.05, 0.1) is 12.1 Å². The Kier molecular flexibility index (Phi) is 4.49. The topological polar surface area (TPSA) is 59.6 Å². The maximum atomic E-state index is 5.93. The van der Waals surface area contributed by atoms with E-state index in [4.69, 9.17) is 10.5 Å². The molecule has 0 heterocycles. The van der Waals surface area contributed by atoms with E-state index < -0.39 is 0 Å². The van der Waals surface area contributed by atoms with Crippen LogP contribution in [-0.4, -0.2) is 31.3 Å². The van der Waals surface area contributed by atoms with E-state index in [1.54, 1.807) is 7.11 Å². The lowest BCUT2D eigenvalue weighted by Crippen LogP contribution is -2.45. The molecule has 18 heavy (non-hydrogen) atoms. The maximum absolute atomic E-state index is 5.93. The van der Waals surface area contributed by atoms with Gasteiger partial charge in [-0.1, -0.05) is 6.92 Å². The third-order valence-corrected chi connectivity index (χ3v) is 4.61. The Hall–Kier alpha value is -0.770. The maximum Gasteiger partial charge on any atom is 0.188 e. The third-order valence-electron chi connectivity index (χ3n) is 4.61. The molecule has 0 aromatic rings. The molecule has 0 amide bonds. The minimum atomic E-state index is -0.0710. The second-order valence-electron chi connectivity index (χ2n) is 6.04. The van der Waals surface area contributed by atoms with Gasteiger partial charge < -0.3 is 15.8 Å². The molecule has 104 valence electrons. The van der Waals surface area contributed by atoms with Crippen molar-refractivity contribution in [1.29, 1.82) is 0 Å². The number of hydrogen-bond donors (Lipinski definition) is 2. The number of nitrogens with zero attached hydrogens (tertiary/aromatic N) is 1. The summed E-state index contributed by atoms with van der Waals surface area (Å²) in [5.74, 6) is 1.41. The summed E-state index contributed by atoms with van der Waals surface area (Å²) in [5.41, 5.74) is 5.85. The first-order valence-corrected chi connectivity index (χ1v) is 7.25. The summed E-state index contributed by atoms with van der Waals surface area (Å²) in [5, 5.41) is 3.28. The van der Waals surface area contributed by atoms with Crippen molar-refractivity contribution >= 4 is 5.96 Å². The molecule has 2 aliphatic rings. The summed E-state index contributed by atoms with van der Waals surface area (Å²) in [6.07, 6.45) is 8.44. The number of hydrogen-bond acceptors (Lipinski definition) is 2. The molecule has 0 spiro atoms. The summed E-state index contributed by atoms with van der Waals surface area (Å²) >= 11 is 0. The fraction of sp³-hybridized carbons (Fsp3) is 0.929. The summed E-state index contributed by atoms with van der Waals surface area (Å²) < 4.78 is 5.73. The molecule has 4 nitrogen and oxygen atoms in total. The van der Waals surface area contributed by atoms with Gasteiger partial charge in [-0.15, -0.1) is 0 Å².